The Morgan fingerprint density at radius 2 is 1.82 bits per heavy atom. The summed E-state index contributed by atoms with van der Waals surface area (Å²) in [4.78, 5) is 0. The van der Waals surface area contributed by atoms with Gasteiger partial charge >= 0.3 is 4.71 Å². The van der Waals surface area contributed by atoms with Gasteiger partial charge in [0.2, 0.25) is 0 Å². The van der Waals surface area contributed by atoms with Crippen molar-refractivity contribution in [2.24, 2.45) is 0 Å². The average molecular weight is 200 g/mol. The summed E-state index contributed by atoms with van der Waals surface area (Å²) in [6.45, 7) is 0. The lowest BCUT2D eigenvalue weighted by Gasteiger charge is -2.12. The van der Waals surface area contributed by atoms with Gasteiger partial charge in [0.25, 0.3) is 0 Å². The molecule has 0 aliphatic rings. The maximum absolute atomic E-state index is 12.1. The van der Waals surface area contributed by atoms with Crippen molar-refractivity contribution in [3.8, 4) is 0 Å². The Morgan fingerprint density at radius 3 is 2.18 bits per heavy atom. The van der Waals surface area contributed by atoms with Crippen molar-refractivity contribution >= 4 is 23.0 Å². The minimum atomic E-state index is -3.71. The van der Waals surface area contributed by atoms with Crippen molar-refractivity contribution in [1.29, 1.82) is 0 Å². The van der Waals surface area contributed by atoms with Crippen LogP contribution in [0.25, 0.3) is 0 Å². The molecule has 0 aromatic carbocycles. The van der Waals surface area contributed by atoms with Gasteiger partial charge < -0.3 is 4.55 Å². The van der Waals surface area contributed by atoms with E-state index < -0.39 is 16.1 Å². The summed E-state index contributed by atoms with van der Waals surface area (Å²) < 4.78 is 32.1. The molecule has 11 heavy (non-hydrogen) atoms. The van der Waals surface area contributed by atoms with Crippen LogP contribution in [-0.2, 0) is 11.4 Å². The molecule has 0 amide bonds. The number of hydrogen-bond donors (Lipinski definition) is 0. The van der Waals surface area contributed by atoms with Gasteiger partial charge in [0.1, 0.15) is 0 Å². The van der Waals surface area contributed by atoms with Crippen LogP contribution in [0.3, 0.4) is 0 Å². The van der Waals surface area contributed by atoms with Crippen molar-refractivity contribution in [3.63, 3.8) is 0 Å². The largest absolute Gasteiger partial charge is 0.587 e. The van der Waals surface area contributed by atoms with Crippen molar-refractivity contribution in [2.45, 2.75) is 4.71 Å². The molecule has 0 saturated carbocycles. The van der Waals surface area contributed by atoms with Crippen LogP contribution in [0.15, 0.2) is 24.5 Å². The molecule has 0 aliphatic carbocycles. The predicted octanol–water partition coefficient (Wildman–Crippen LogP) is 1.79. The number of nitrogens with zero attached hydrogens (tertiary/aromatic N) is 1. The van der Waals surface area contributed by atoms with E-state index in [2.05, 4.69) is 11.6 Å². The molecule has 0 N–H and O–H groups in total. The van der Waals surface area contributed by atoms with Gasteiger partial charge in [0.05, 0.1) is 12.4 Å². The minimum Gasteiger partial charge on any atom is -0.587 e. The first-order valence-electron chi connectivity index (χ1n) is 2.64. The van der Waals surface area contributed by atoms with Crippen LogP contribution in [0.5, 0.6) is 0 Å². The highest BCUT2D eigenvalue weighted by Crippen LogP contribution is 2.27. The minimum absolute atomic E-state index is 0.840. The Morgan fingerprint density at radius 1 is 1.36 bits per heavy atom. The van der Waals surface area contributed by atoms with Crippen molar-refractivity contribution in [1.82, 2.24) is 3.97 Å². The summed E-state index contributed by atoms with van der Waals surface area (Å²) in [5, 5.41) is 0. The highest BCUT2D eigenvalue weighted by Gasteiger charge is 2.43. The van der Waals surface area contributed by atoms with Gasteiger partial charge in [-0.1, -0.05) is 0 Å². The van der Waals surface area contributed by atoms with Crippen LogP contribution >= 0.6 is 11.6 Å². The molecular weight excluding hydrogens is 196 g/mol. The first-order chi connectivity index (χ1) is 5.02. The Bertz CT molecular complexity index is 223. The third-order valence-corrected chi connectivity index (χ3v) is 2.38. The molecule has 0 aliphatic heterocycles. The fraction of sp³-hybridized carbons (Fsp3) is 0.200. The second kappa shape index (κ2) is 3.00. The molecule has 1 rings (SSSR count). The van der Waals surface area contributed by atoms with Crippen molar-refractivity contribution < 1.29 is 13.3 Å². The molecule has 6 heteroatoms. The van der Waals surface area contributed by atoms with E-state index in [1.807, 2.05) is 0 Å². The third kappa shape index (κ3) is 2.08. The molecule has 1 aromatic rings. The van der Waals surface area contributed by atoms with E-state index in [9.17, 15) is 13.3 Å². The molecule has 1 heterocycles. The number of rotatable bonds is 2. The molecule has 0 spiro atoms. The molecule has 1 atom stereocenters. The van der Waals surface area contributed by atoms with Gasteiger partial charge in [-0.15, -0.1) is 8.78 Å². The van der Waals surface area contributed by atoms with Crippen LogP contribution in [0.2, 0.25) is 0 Å². The Balaban J connectivity index is 2.78. The Labute approximate surface area is 70.1 Å². The maximum atomic E-state index is 12.1. The molecule has 62 valence electrons. The molecule has 1 unspecified atom stereocenters. The van der Waals surface area contributed by atoms with Crippen LogP contribution in [0.4, 0.5) is 8.78 Å². The molecular formula is C5H4ClF2NOS. The predicted molar refractivity (Wildman–Crippen MR) is 38.8 cm³/mol. The molecule has 1 aromatic heterocycles. The fourth-order valence-electron chi connectivity index (χ4n) is 0.549. The zero-order valence-electron chi connectivity index (χ0n) is 5.21. The van der Waals surface area contributed by atoms with E-state index in [0.29, 0.717) is 0 Å². The van der Waals surface area contributed by atoms with E-state index in [4.69, 9.17) is 0 Å². The first kappa shape index (κ1) is 8.83. The monoisotopic (exact) mass is 199 g/mol. The van der Waals surface area contributed by atoms with Crippen LogP contribution in [-0.4, -0.2) is 13.2 Å². The van der Waals surface area contributed by atoms with Crippen LogP contribution < -0.4 is 0 Å². The number of aromatic nitrogens is 1. The lowest BCUT2D eigenvalue weighted by molar-refractivity contribution is 0.185. The zero-order chi connectivity index (χ0) is 8.48. The van der Waals surface area contributed by atoms with E-state index >= 15 is 0 Å². The lowest BCUT2D eigenvalue weighted by Crippen LogP contribution is -2.27. The van der Waals surface area contributed by atoms with E-state index in [1.165, 1.54) is 24.5 Å². The molecule has 0 saturated heterocycles. The second-order valence-electron chi connectivity index (χ2n) is 1.74. The summed E-state index contributed by atoms with van der Waals surface area (Å²) in [5.41, 5.74) is 0. The summed E-state index contributed by atoms with van der Waals surface area (Å²) >= 11 is 2.00. The number of hydrogen-bond acceptors (Lipinski definition) is 1. The molecule has 0 fully saturated rings. The maximum Gasteiger partial charge on any atom is 0.517 e. The smallest absolute Gasteiger partial charge is 0.517 e. The number of alkyl halides is 3. The summed E-state index contributed by atoms with van der Waals surface area (Å²) in [7, 11) is 0. The average Bonchev–Trinajstić information content (AvgIpc) is 2.34. The normalized spacial score (nSPS) is 14.9. The van der Waals surface area contributed by atoms with Crippen LogP contribution in [0.1, 0.15) is 0 Å². The van der Waals surface area contributed by atoms with Gasteiger partial charge in [0.15, 0.2) is 11.4 Å². The quantitative estimate of drug-likeness (QED) is 0.527. The highest BCUT2D eigenvalue weighted by molar-refractivity contribution is 7.92. The summed E-state index contributed by atoms with van der Waals surface area (Å²) in [6, 6.07) is 2.97. The van der Waals surface area contributed by atoms with Crippen molar-refractivity contribution in [2.75, 3.05) is 0 Å². The molecule has 0 radical (unpaired) electrons. The van der Waals surface area contributed by atoms with Gasteiger partial charge in [0, 0.05) is 11.6 Å². The third-order valence-electron chi connectivity index (χ3n) is 0.967. The SMILES string of the molecule is [O-][S+](n1cccc1)C(F)(F)Cl. The van der Waals surface area contributed by atoms with Crippen LogP contribution in [0, 0.1) is 0 Å². The lowest BCUT2D eigenvalue weighted by atomic mass is 10.7. The number of halogens is 3. The van der Waals surface area contributed by atoms with E-state index in [0.717, 1.165) is 3.97 Å². The van der Waals surface area contributed by atoms with Gasteiger partial charge in [-0.25, -0.2) is 0 Å². The first-order valence-corrected chi connectivity index (χ1v) is 4.12. The van der Waals surface area contributed by atoms with Gasteiger partial charge in [-0.2, -0.15) is 3.97 Å². The highest BCUT2D eigenvalue weighted by atomic mass is 35.5. The molecule has 2 nitrogen and oxygen atoms in total. The van der Waals surface area contributed by atoms with Crippen molar-refractivity contribution in [3.05, 3.63) is 24.5 Å². The summed E-state index contributed by atoms with van der Waals surface area (Å²) in [5.74, 6) is 0. The fourth-order valence-corrected chi connectivity index (χ4v) is 1.39. The summed E-state index contributed by atoms with van der Waals surface area (Å²) in [6.07, 6.45) is 2.51. The van der Waals surface area contributed by atoms with E-state index in [1.54, 1.807) is 0 Å². The van der Waals surface area contributed by atoms with E-state index in [-0.39, 0.29) is 0 Å². The van der Waals surface area contributed by atoms with Gasteiger partial charge in [-0.05, 0) is 12.1 Å². The van der Waals surface area contributed by atoms with Gasteiger partial charge in [-0.3, -0.25) is 0 Å². The second-order valence-corrected chi connectivity index (χ2v) is 3.87. The topological polar surface area (TPSA) is 28.0 Å². The standard InChI is InChI=1S/C5H4ClF2NOS/c6-5(7,8)11(10)9-3-1-2-4-9/h1-4H. The Hall–Kier alpha value is -0.260. The zero-order valence-corrected chi connectivity index (χ0v) is 6.78. The molecule has 0 bridgehead atoms. The Kier molecular flexibility index (Phi) is 2.41.